The maximum atomic E-state index is 14.6. The third-order valence-electron chi connectivity index (χ3n) is 6.58. The molecule has 0 spiro atoms. The van der Waals surface area contributed by atoms with Crippen LogP contribution < -0.4 is 20.3 Å². The SMILES string of the molecule is COc1cccc(F)c1-c1nccc(C(=O)Nc2ccc(-c3cccnc3C)cc2N2CCN[C@@H](C)C2)n1. The molecular weight excluding hydrogens is 483 g/mol. The molecular formula is C29H29FN6O2. The van der Waals surface area contributed by atoms with E-state index in [4.69, 9.17) is 4.74 Å². The summed E-state index contributed by atoms with van der Waals surface area (Å²) in [5, 5.41) is 6.48. The minimum absolute atomic E-state index is 0.0751. The number of hydrogen-bond acceptors (Lipinski definition) is 7. The van der Waals surface area contributed by atoms with Gasteiger partial charge in [0.1, 0.15) is 17.3 Å². The summed E-state index contributed by atoms with van der Waals surface area (Å²) in [6, 6.07) is 16.2. The molecule has 0 unspecified atom stereocenters. The van der Waals surface area contributed by atoms with Crippen LogP contribution in [0, 0.1) is 12.7 Å². The van der Waals surface area contributed by atoms with Crippen molar-refractivity contribution >= 4 is 17.3 Å². The first-order valence-corrected chi connectivity index (χ1v) is 12.5. The largest absolute Gasteiger partial charge is 0.496 e. The topological polar surface area (TPSA) is 92.3 Å². The number of ether oxygens (including phenoxy) is 1. The molecule has 1 fully saturated rings. The van der Waals surface area contributed by atoms with Crippen LogP contribution in [0.15, 0.2) is 67.0 Å². The molecule has 9 heteroatoms. The lowest BCUT2D eigenvalue weighted by molar-refractivity contribution is 0.102. The summed E-state index contributed by atoms with van der Waals surface area (Å²) in [7, 11) is 1.45. The summed E-state index contributed by atoms with van der Waals surface area (Å²) in [5.74, 6) is -0.581. The Bertz CT molecular complexity index is 1480. The molecule has 38 heavy (non-hydrogen) atoms. The summed E-state index contributed by atoms with van der Waals surface area (Å²) in [4.78, 5) is 28.6. The van der Waals surface area contributed by atoms with E-state index in [1.165, 1.54) is 25.4 Å². The summed E-state index contributed by atoms with van der Waals surface area (Å²) in [6.07, 6.45) is 3.22. The Morgan fingerprint density at radius 1 is 1.13 bits per heavy atom. The van der Waals surface area contributed by atoms with E-state index in [9.17, 15) is 9.18 Å². The molecule has 0 bridgehead atoms. The zero-order valence-electron chi connectivity index (χ0n) is 21.5. The summed E-state index contributed by atoms with van der Waals surface area (Å²) in [5.41, 5.74) is 4.79. The van der Waals surface area contributed by atoms with E-state index in [2.05, 4.69) is 43.5 Å². The Morgan fingerprint density at radius 3 is 2.79 bits per heavy atom. The molecule has 8 nitrogen and oxygen atoms in total. The van der Waals surface area contributed by atoms with Crippen molar-refractivity contribution in [3.05, 3.63) is 84.2 Å². The predicted octanol–water partition coefficient (Wildman–Crippen LogP) is 4.71. The zero-order valence-corrected chi connectivity index (χ0v) is 21.5. The molecule has 3 heterocycles. The Hall–Kier alpha value is -4.37. The number of benzene rings is 2. The van der Waals surface area contributed by atoms with Crippen molar-refractivity contribution in [2.45, 2.75) is 19.9 Å². The standard InChI is InChI=1S/C29H29FN6O2/c1-18-17-36(15-14-31-18)25-16-20(21-6-5-12-32-19(21)2)9-10-23(25)35-29(37)24-11-13-33-28(34-24)27-22(30)7-4-8-26(27)38-3/h4-13,16,18,31H,14-15,17H2,1-3H3,(H,35,37)/t18-/m0/s1. The van der Waals surface area contributed by atoms with Gasteiger partial charge in [0.25, 0.3) is 5.91 Å². The second-order valence-electron chi connectivity index (χ2n) is 9.21. The maximum Gasteiger partial charge on any atom is 0.274 e. The minimum Gasteiger partial charge on any atom is -0.496 e. The highest BCUT2D eigenvalue weighted by atomic mass is 19.1. The summed E-state index contributed by atoms with van der Waals surface area (Å²) < 4.78 is 19.9. The quantitative estimate of drug-likeness (QED) is 0.387. The lowest BCUT2D eigenvalue weighted by Crippen LogP contribution is -2.49. The highest BCUT2D eigenvalue weighted by Gasteiger charge is 2.22. The van der Waals surface area contributed by atoms with Crippen molar-refractivity contribution in [2.75, 3.05) is 37.0 Å². The third kappa shape index (κ3) is 5.19. The average Bonchev–Trinajstić information content (AvgIpc) is 2.93. The number of piperazine rings is 1. The second kappa shape index (κ2) is 10.9. The number of aromatic nitrogens is 3. The van der Waals surface area contributed by atoms with Gasteiger partial charge in [-0.15, -0.1) is 0 Å². The Kier molecular flexibility index (Phi) is 7.28. The minimum atomic E-state index is -0.529. The van der Waals surface area contributed by atoms with Crippen molar-refractivity contribution in [2.24, 2.45) is 0 Å². The van der Waals surface area contributed by atoms with E-state index in [1.54, 1.807) is 18.3 Å². The first-order chi connectivity index (χ1) is 18.4. The highest BCUT2D eigenvalue weighted by Crippen LogP contribution is 2.34. The molecule has 1 amide bonds. The van der Waals surface area contributed by atoms with Crippen LogP contribution in [0.3, 0.4) is 0 Å². The number of rotatable bonds is 6. The molecule has 0 radical (unpaired) electrons. The number of amides is 1. The van der Waals surface area contributed by atoms with Gasteiger partial charge in [0.05, 0.1) is 24.0 Å². The van der Waals surface area contributed by atoms with Crippen LogP contribution in [0.1, 0.15) is 23.1 Å². The van der Waals surface area contributed by atoms with E-state index in [0.717, 1.165) is 42.1 Å². The molecule has 2 aromatic heterocycles. The fourth-order valence-electron chi connectivity index (χ4n) is 4.69. The van der Waals surface area contributed by atoms with Gasteiger partial charge in [-0.25, -0.2) is 14.4 Å². The van der Waals surface area contributed by atoms with Crippen molar-refractivity contribution < 1.29 is 13.9 Å². The van der Waals surface area contributed by atoms with Crippen LogP contribution in [-0.2, 0) is 0 Å². The number of anilines is 2. The van der Waals surface area contributed by atoms with Crippen LogP contribution >= 0.6 is 0 Å². The Morgan fingerprint density at radius 2 is 2.00 bits per heavy atom. The van der Waals surface area contributed by atoms with Gasteiger partial charge in [-0.3, -0.25) is 9.78 Å². The lowest BCUT2D eigenvalue weighted by atomic mass is 10.0. The van der Waals surface area contributed by atoms with Gasteiger partial charge in [-0.05, 0) is 55.8 Å². The van der Waals surface area contributed by atoms with Gasteiger partial charge < -0.3 is 20.3 Å². The third-order valence-corrected chi connectivity index (χ3v) is 6.58. The van der Waals surface area contributed by atoms with Crippen LogP contribution in [0.2, 0.25) is 0 Å². The molecule has 2 aromatic carbocycles. The molecule has 1 atom stereocenters. The van der Waals surface area contributed by atoms with Gasteiger partial charge in [-0.2, -0.15) is 0 Å². The van der Waals surface area contributed by atoms with Gasteiger partial charge >= 0.3 is 0 Å². The zero-order chi connectivity index (χ0) is 26.6. The monoisotopic (exact) mass is 512 g/mol. The van der Waals surface area contributed by atoms with Crippen molar-refractivity contribution in [1.29, 1.82) is 0 Å². The Balaban J connectivity index is 1.49. The fourth-order valence-corrected chi connectivity index (χ4v) is 4.69. The molecule has 194 valence electrons. The summed E-state index contributed by atoms with van der Waals surface area (Å²) in [6.45, 7) is 6.55. The number of methoxy groups -OCH3 is 1. The first-order valence-electron chi connectivity index (χ1n) is 12.5. The average molecular weight is 513 g/mol. The predicted molar refractivity (Wildman–Crippen MR) is 146 cm³/mol. The van der Waals surface area contributed by atoms with E-state index in [0.29, 0.717) is 17.5 Å². The maximum absolute atomic E-state index is 14.6. The molecule has 5 rings (SSSR count). The number of carbonyl (C=O) groups is 1. The molecule has 4 aromatic rings. The number of nitrogens with one attached hydrogen (secondary N) is 2. The Labute approximate surface area is 220 Å². The van der Waals surface area contributed by atoms with Gasteiger partial charge in [0.15, 0.2) is 5.82 Å². The van der Waals surface area contributed by atoms with Crippen molar-refractivity contribution in [1.82, 2.24) is 20.3 Å². The van der Waals surface area contributed by atoms with Gasteiger partial charge in [-0.1, -0.05) is 18.2 Å². The smallest absolute Gasteiger partial charge is 0.274 e. The van der Waals surface area contributed by atoms with Crippen LogP contribution in [0.4, 0.5) is 15.8 Å². The van der Waals surface area contributed by atoms with Crippen LogP contribution in [0.25, 0.3) is 22.5 Å². The molecule has 2 N–H and O–H groups in total. The number of nitrogens with zero attached hydrogens (tertiary/aromatic N) is 4. The molecule has 0 aliphatic carbocycles. The molecule has 0 saturated carbocycles. The number of carbonyl (C=O) groups excluding carboxylic acids is 1. The number of aryl methyl sites for hydroxylation is 1. The van der Waals surface area contributed by atoms with Crippen molar-refractivity contribution in [3.63, 3.8) is 0 Å². The second-order valence-corrected chi connectivity index (χ2v) is 9.21. The van der Waals surface area contributed by atoms with Crippen LogP contribution in [-0.4, -0.2) is 53.6 Å². The highest BCUT2D eigenvalue weighted by molar-refractivity contribution is 6.05. The lowest BCUT2D eigenvalue weighted by Gasteiger charge is -2.35. The van der Waals surface area contributed by atoms with Crippen molar-refractivity contribution in [3.8, 4) is 28.3 Å². The molecule has 1 aliphatic rings. The number of pyridine rings is 1. The summed E-state index contributed by atoms with van der Waals surface area (Å²) >= 11 is 0. The molecule has 1 saturated heterocycles. The van der Waals surface area contributed by atoms with E-state index in [-0.39, 0.29) is 17.1 Å². The normalized spacial score (nSPS) is 15.3. The first kappa shape index (κ1) is 25.3. The van der Waals surface area contributed by atoms with Gasteiger partial charge in [0.2, 0.25) is 0 Å². The fraction of sp³-hybridized carbons (Fsp3) is 0.241. The number of hydrogen-bond donors (Lipinski definition) is 2. The van der Waals surface area contributed by atoms with E-state index >= 15 is 0 Å². The van der Waals surface area contributed by atoms with E-state index < -0.39 is 11.7 Å². The molecule has 1 aliphatic heterocycles. The number of halogens is 1. The van der Waals surface area contributed by atoms with Gasteiger partial charge in [0, 0.05) is 49.3 Å². The van der Waals surface area contributed by atoms with Crippen LogP contribution in [0.5, 0.6) is 5.75 Å². The van der Waals surface area contributed by atoms with E-state index in [1.807, 2.05) is 31.2 Å².